The van der Waals surface area contributed by atoms with E-state index in [0.717, 1.165) is 70.1 Å². The molecule has 1 amide bonds. The van der Waals surface area contributed by atoms with Crippen LogP contribution in [0, 0.1) is 5.92 Å². The molecule has 1 aliphatic carbocycles. The fourth-order valence-corrected chi connectivity index (χ4v) is 3.91. The van der Waals surface area contributed by atoms with Gasteiger partial charge in [0.1, 0.15) is 0 Å². The van der Waals surface area contributed by atoms with Crippen LogP contribution in [0.3, 0.4) is 0 Å². The van der Waals surface area contributed by atoms with Gasteiger partial charge in [-0.1, -0.05) is 0 Å². The lowest BCUT2D eigenvalue weighted by Crippen LogP contribution is -2.35. The molecule has 0 aromatic carbocycles. The maximum atomic E-state index is 12.0. The fraction of sp³-hybridized carbons (Fsp3) is 0.842. The Morgan fingerprint density at radius 3 is 2.73 bits per heavy atom. The number of hydrogen-bond acceptors (Lipinski definition) is 6. The highest BCUT2D eigenvalue weighted by Gasteiger charge is 2.30. The number of carbonyl (C=O) groups excluding carboxylic acids is 1. The molecule has 4 rings (SSSR count). The summed E-state index contributed by atoms with van der Waals surface area (Å²) in [4.78, 5) is 14.4. The van der Waals surface area contributed by atoms with Gasteiger partial charge in [0.25, 0.3) is 0 Å². The second kappa shape index (κ2) is 8.48. The highest BCUT2D eigenvalue weighted by Crippen LogP contribution is 2.39. The van der Waals surface area contributed by atoms with Crippen molar-refractivity contribution >= 4 is 5.91 Å². The van der Waals surface area contributed by atoms with E-state index in [2.05, 4.69) is 20.4 Å². The number of nitrogens with one attached hydrogen (secondary N) is 1. The van der Waals surface area contributed by atoms with Crippen molar-refractivity contribution in [1.82, 2.24) is 20.4 Å². The van der Waals surface area contributed by atoms with Crippen LogP contribution < -0.4 is 5.32 Å². The van der Waals surface area contributed by atoms with Crippen molar-refractivity contribution < 1.29 is 13.9 Å². The van der Waals surface area contributed by atoms with Crippen LogP contribution in [0.1, 0.15) is 69.1 Å². The molecule has 1 aromatic heterocycles. The van der Waals surface area contributed by atoms with E-state index in [0.29, 0.717) is 24.8 Å². The highest BCUT2D eigenvalue weighted by molar-refractivity contribution is 5.75. The molecule has 1 atom stereocenters. The van der Waals surface area contributed by atoms with Crippen LogP contribution in [0.4, 0.5) is 0 Å². The van der Waals surface area contributed by atoms with Crippen LogP contribution in [0.25, 0.3) is 0 Å². The molecule has 0 radical (unpaired) electrons. The van der Waals surface area contributed by atoms with Gasteiger partial charge in [0.2, 0.25) is 17.7 Å². The first kappa shape index (κ1) is 17.9. The number of likely N-dealkylation sites (tertiary alicyclic amines) is 1. The average molecular weight is 362 g/mol. The molecule has 7 heteroatoms. The fourth-order valence-electron chi connectivity index (χ4n) is 3.91. The van der Waals surface area contributed by atoms with E-state index >= 15 is 0 Å². The summed E-state index contributed by atoms with van der Waals surface area (Å²) < 4.78 is 11.3. The molecule has 3 aliphatic rings. The normalized spacial score (nSPS) is 24.8. The number of aromatic nitrogens is 2. The second-order valence-corrected chi connectivity index (χ2v) is 8.01. The van der Waals surface area contributed by atoms with Crippen molar-refractivity contribution in [2.45, 2.75) is 69.9 Å². The zero-order valence-electron chi connectivity index (χ0n) is 15.5. The topological polar surface area (TPSA) is 80.5 Å². The number of rotatable bonds is 8. The summed E-state index contributed by atoms with van der Waals surface area (Å²) in [7, 11) is 0. The lowest BCUT2D eigenvalue weighted by molar-refractivity contribution is -0.122. The van der Waals surface area contributed by atoms with Crippen molar-refractivity contribution in [3.63, 3.8) is 0 Å². The maximum Gasteiger partial charge on any atom is 0.230 e. The second-order valence-electron chi connectivity index (χ2n) is 8.01. The third-order valence-corrected chi connectivity index (χ3v) is 5.81. The van der Waals surface area contributed by atoms with Gasteiger partial charge in [0, 0.05) is 25.5 Å². The zero-order valence-corrected chi connectivity index (χ0v) is 15.5. The summed E-state index contributed by atoms with van der Waals surface area (Å²) in [6.45, 7) is 4.36. The van der Waals surface area contributed by atoms with Gasteiger partial charge in [-0.2, -0.15) is 0 Å². The predicted molar refractivity (Wildman–Crippen MR) is 95.5 cm³/mol. The minimum Gasteiger partial charge on any atom is -0.424 e. The van der Waals surface area contributed by atoms with Gasteiger partial charge >= 0.3 is 0 Å². The molecule has 2 aliphatic heterocycles. The van der Waals surface area contributed by atoms with E-state index in [1.807, 2.05) is 0 Å². The Kier molecular flexibility index (Phi) is 5.84. The molecule has 2 saturated heterocycles. The molecule has 7 nitrogen and oxygen atoms in total. The van der Waals surface area contributed by atoms with Crippen LogP contribution >= 0.6 is 0 Å². The standard InChI is InChI=1S/C19H30N4O3/c24-17(20-12-16-2-1-11-25-16)6-3-14-7-9-23(10-8-14)13-18-21-22-19(26-18)15-4-5-15/h14-16H,1-13H2,(H,20,24)/t16-/m0/s1. The minimum atomic E-state index is 0.168. The molecular formula is C19H30N4O3. The average Bonchev–Trinajstić information content (AvgIpc) is 3.17. The molecule has 0 bridgehead atoms. The SMILES string of the molecule is O=C(CCC1CCN(Cc2nnc(C3CC3)o2)CC1)NC[C@@H]1CCCO1. The number of carbonyl (C=O) groups is 1. The van der Waals surface area contributed by atoms with E-state index in [9.17, 15) is 4.79 Å². The van der Waals surface area contributed by atoms with Crippen molar-refractivity contribution in [2.24, 2.45) is 5.92 Å². The first-order valence-electron chi connectivity index (χ1n) is 10.2. The van der Waals surface area contributed by atoms with Crippen LogP contribution in [0.5, 0.6) is 0 Å². The van der Waals surface area contributed by atoms with Crippen molar-refractivity contribution in [1.29, 1.82) is 0 Å². The number of ether oxygens (including phenoxy) is 1. The van der Waals surface area contributed by atoms with E-state index < -0.39 is 0 Å². The number of amides is 1. The van der Waals surface area contributed by atoms with Crippen molar-refractivity contribution in [3.05, 3.63) is 11.8 Å². The number of hydrogen-bond donors (Lipinski definition) is 1. The van der Waals surface area contributed by atoms with Gasteiger partial charge in [-0.3, -0.25) is 9.69 Å². The van der Waals surface area contributed by atoms with Crippen LogP contribution in [-0.4, -0.2) is 53.3 Å². The van der Waals surface area contributed by atoms with Gasteiger partial charge < -0.3 is 14.5 Å². The Bertz CT molecular complexity index is 587. The number of piperidine rings is 1. The summed E-state index contributed by atoms with van der Waals surface area (Å²) in [5.41, 5.74) is 0. The van der Waals surface area contributed by atoms with Gasteiger partial charge in [0.15, 0.2) is 0 Å². The Morgan fingerprint density at radius 2 is 2.00 bits per heavy atom. The summed E-state index contributed by atoms with van der Waals surface area (Å²) in [6.07, 6.45) is 8.69. The van der Waals surface area contributed by atoms with Crippen LogP contribution in [0.2, 0.25) is 0 Å². The predicted octanol–water partition coefficient (Wildman–Crippen LogP) is 2.23. The molecule has 3 heterocycles. The lowest BCUT2D eigenvalue weighted by atomic mass is 9.92. The third-order valence-electron chi connectivity index (χ3n) is 5.81. The van der Waals surface area contributed by atoms with Gasteiger partial charge in [-0.25, -0.2) is 0 Å². The lowest BCUT2D eigenvalue weighted by Gasteiger charge is -2.30. The van der Waals surface area contributed by atoms with Crippen molar-refractivity contribution in [2.75, 3.05) is 26.2 Å². The van der Waals surface area contributed by atoms with Gasteiger partial charge in [0.05, 0.1) is 12.6 Å². The molecule has 3 fully saturated rings. The molecule has 0 spiro atoms. The summed E-state index contributed by atoms with van der Waals surface area (Å²) in [5, 5.41) is 11.4. The van der Waals surface area contributed by atoms with E-state index in [4.69, 9.17) is 9.15 Å². The monoisotopic (exact) mass is 362 g/mol. The molecular weight excluding hydrogens is 332 g/mol. The van der Waals surface area contributed by atoms with E-state index in [1.54, 1.807) is 0 Å². The Balaban J connectivity index is 1.10. The quantitative estimate of drug-likeness (QED) is 0.764. The largest absolute Gasteiger partial charge is 0.424 e. The molecule has 1 N–H and O–H groups in total. The first-order chi connectivity index (χ1) is 12.8. The van der Waals surface area contributed by atoms with Crippen LogP contribution in [0.15, 0.2) is 4.42 Å². The van der Waals surface area contributed by atoms with Gasteiger partial charge in [-0.05, 0) is 64.0 Å². The van der Waals surface area contributed by atoms with Crippen molar-refractivity contribution in [3.8, 4) is 0 Å². The molecule has 1 saturated carbocycles. The van der Waals surface area contributed by atoms with E-state index in [-0.39, 0.29) is 12.0 Å². The highest BCUT2D eigenvalue weighted by atomic mass is 16.5. The summed E-state index contributed by atoms with van der Waals surface area (Å²) in [5.74, 6) is 2.90. The maximum absolute atomic E-state index is 12.0. The Hall–Kier alpha value is -1.47. The van der Waals surface area contributed by atoms with E-state index in [1.165, 1.54) is 12.8 Å². The molecule has 1 aromatic rings. The third kappa shape index (κ3) is 5.04. The molecule has 144 valence electrons. The number of nitrogens with zero attached hydrogens (tertiary/aromatic N) is 3. The summed E-state index contributed by atoms with van der Waals surface area (Å²) in [6, 6.07) is 0. The smallest absolute Gasteiger partial charge is 0.230 e. The Labute approximate surface area is 154 Å². The summed E-state index contributed by atoms with van der Waals surface area (Å²) >= 11 is 0. The van der Waals surface area contributed by atoms with Gasteiger partial charge in [-0.15, -0.1) is 10.2 Å². The van der Waals surface area contributed by atoms with Crippen LogP contribution in [-0.2, 0) is 16.1 Å². The Morgan fingerprint density at radius 1 is 1.15 bits per heavy atom. The molecule has 0 unspecified atom stereocenters. The minimum absolute atomic E-state index is 0.168. The zero-order chi connectivity index (χ0) is 17.8. The first-order valence-corrected chi connectivity index (χ1v) is 10.2. The molecule has 26 heavy (non-hydrogen) atoms.